The third-order valence-electron chi connectivity index (χ3n) is 5.42. The van der Waals surface area contributed by atoms with Crippen LogP contribution in [-0.4, -0.2) is 39.1 Å². The van der Waals surface area contributed by atoms with Gasteiger partial charge in [-0.2, -0.15) is 23.0 Å². The third-order valence-corrected chi connectivity index (χ3v) is 5.42. The first-order valence-corrected chi connectivity index (χ1v) is 11.5. The van der Waals surface area contributed by atoms with Crippen LogP contribution in [0.5, 0.6) is 0 Å². The molecule has 0 aliphatic heterocycles. The molecule has 4 rings (SSSR count). The largest absolute Gasteiger partial charge is 0.444 e. The molecular weight excluding hydrogens is 487 g/mol. The number of benzene rings is 2. The zero-order chi connectivity index (χ0) is 26.7. The maximum absolute atomic E-state index is 14.0. The molecule has 0 saturated heterocycles. The molecule has 0 saturated carbocycles. The Bertz CT molecular complexity index is 1450. The number of aliphatic hydroxyl groups excluding tert-OH is 1. The molecule has 0 unspecified atom stereocenters. The third kappa shape index (κ3) is 5.83. The molecule has 0 aliphatic rings. The highest BCUT2D eigenvalue weighted by atomic mass is 19.4. The van der Waals surface area contributed by atoms with Gasteiger partial charge in [-0.25, -0.2) is 4.98 Å². The first-order chi connectivity index (χ1) is 17.6. The maximum atomic E-state index is 14.0. The lowest BCUT2D eigenvalue weighted by Crippen LogP contribution is -2.29. The number of alkyl halides is 3. The van der Waals surface area contributed by atoms with Crippen LogP contribution in [0.25, 0.3) is 28.3 Å². The Balaban J connectivity index is 1.97. The van der Waals surface area contributed by atoms with E-state index in [1.807, 2.05) is 32.9 Å². The van der Waals surface area contributed by atoms with E-state index >= 15 is 0 Å². The highest BCUT2D eigenvalue weighted by Gasteiger charge is 2.35. The van der Waals surface area contributed by atoms with Gasteiger partial charge in [-0.1, -0.05) is 0 Å². The molecule has 3 N–H and O–H groups in total. The Kier molecular flexibility index (Phi) is 7.35. The Labute approximate surface area is 210 Å². The molecule has 2 heterocycles. The lowest BCUT2D eigenvalue weighted by atomic mass is 10.0. The van der Waals surface area contributed by atoms with Gasteiger partial charge in [-0.3, -0.25) is 4.79 Å². The van der Waals surface area contributed by atoms with E-state index in [1.165, 1.54) is 24.6 Å². The molecule has 0 bridgehead atoms. The Morgan fingerprint density at radius 3 is 2.51 bits per heavy atom. The first kappa shape index (κ1) is 26.0. The summed E-state index contributed by atoms with van der Waals surface area (Å²) in [5.74, 6) is 0.515. The van der Waals surface area contributed by atoms with E-state index in [4.69, 9.17) is 9.52 Å². The van der Waals surface area contributed by atoms with Crippen LogP contribution in [0.1, 0.15) is 25.0 Å². The zero-order valence-electron chi connectivity index (χ0n) is 20.4. The summed E-state index contributed by atoms with van der Waals surface area (Å²) < 4.78 is 48.2. The van der Waals surface area contributed by atoms with Crippen molar-refractivity contribution in [3.63, 3.8) is 0 Å². The SMILES string of the molecule is Cc1cc(-c2cc(NC(C)C)c(=O)n(-c3cc(NCCO)ccc3C(F)(F)F)n2)cc(-c2cnco2)c1. The molecule has 11 heteroatoms. The van der Waals surface area contributed by atoms with Crippen molar-refractivity contribution in [3.05, 3.63) is 76.5 Å². The summed E-state index contributed by atoms with van der Waals surface area (Å²) in [6.07, 6.45) is -1.88. The van der Waals surface area contributed by atoms with Crippen molar-refractivity contribution in [2.45, 2.75) is 33.0 Å². The van der Waals surface area contributed by atoms with Gasteiger partial charge >= 0.3 is 6.18 Å². The van der Waals surface area contributed by atoms with Crippen molar-refractivity contribution in [1.29, 1.82) is 0 Å². The molecule has 8 nitrogen and oxygen atoms in total. The smallest absolute Gasteiger partial charge is 0.418 e. The monoisotopic (exact) mass is 513 g/mol. The fourth-order valence-electron chi connectivity index (χ4n) is 3.90. The number of aliphatic hydroxyl groups is 1. The van der Waals surface area contributed by atoms with Gasteiger partial charge in [0.15, 0.2) is 12.2 Å². The van der Waals surface area contributed by atoms with Crippen LogP contribution in [0.3, 0.4) is 0 Å². The van der Waals surface area contributed by atoms with Crippen LogP contribution >= 0.6 is 0 Å². The van der Waals surface area contributed by atoms with E-state index in [1.54, 1.807) is 12.3 Å². The van der Waals surface area contributed by atoms with Crippen LogP contribution < -0.4 is 16.2 Å². The van der Waals surface area contributed by atoms with Crippen LogP contribution in [0.15, 0.2) is 64.3 Å². The molecule has 2 aromatic carbocycles. The number of nitrogens with zero attached hydrogens (tertiary/aromatic N) is 3. The van der Waals surface area contributed by atoms with E-state index in [0.717, 1.165) is 16.3 Å². The van der Waals surface area contributed by atoms with E-state index in [9.17, 15) is 18.0 Å². The topological polar surface area (TPSA) is 105 Å². The summed E-state index contributed by atoms with van der Waals surface area (Å²) in [5.41, 5.74) is 0.648. The average Bonchev–Trinajstić information content (AvgIpc) is 3.38. The molecule has 194 valence electrons. The van der Waals surface area contributed by atoms with E-state index in [2.05, 4.69) is 20.7 Å². The van der Waals surface area contributed by atoms with Gasteiger partial charge in [-0.05, 0) is 68.8 Å². The molecule has 0 fully saturated rings. The summed E-state index contributed by atoms with van der Waals surface area (Å²) >= 11 is 0. The van der Waals surface area contributed by atoms with Crippen LogP contribution in [0.2, 0.25) is 0 Å². The van der Waals surface area contributed by atoms with Gasteiger partial charge in [0.2, 0.25) is 0 Å². The first-order valence-electron chi connectivity index (χ1n) is 11.5. The average molecular weight is 514 g/mol. The van der Waals surface area contributed by atoms with Crippen molar-refractivity contribution < 1.29 is 22.7 Å². The predicted octanol–water partition coefficient (Wildman–Crippen LogP) is 5.11. The molecule has 37 heavy (non-hydrogen) atoms. The molecule has 0 spiro atoms. The van der Waals surface area contributed by atoms with Gasteiger partial charge in [0.1, 0.15) is 5.69 Å². The van der Waals surface area contributed by atoms with Gasteiger partial charge < -0.3 is 20.2 Å². The molecule has 0 aliphatic carbocycles. The lowest BCUT2D eigenvalue weighted by Gasteiger charge is -2.19. The number of nitrogens with one attached hydrogen (secondary N) is 2. The Morgan fingerprint density at radius 2 is 1.86 bits per heavy atom. The molecule has 0 amide bonds. The summed E-state index contributed by atoms with van der Waals surface area (Å²) in [7, 11) is 0. The molecular formula is C26H26F3N5O3. The second-order valence-electron chi connectivity index (χ2n) is 8.79. The van der Waals surface area contributed by atoms with E-state index in [0.29, 0.717) is 22.6 Å². The molecule has 0 radical (unpaired) electrons. The van der Waals surface area contributed by atoms with Crippen molar-refractivity contribution in [2.75, 3.05) is 23.8 Å². The zero-order valence-corrected chi connectivity index (χ0v) is 20.4. The van der Waals surface area contributed by atoms with Gasteiger partial charge in [-0.15, -0.1) is 0 Å². The Morgan fingerprint density at radius 1 is 1.11 bits per heavy atom. The number of aryl methyl sites for hydroxylation is 1. The lowest BCUT2D eigenvalue weighted by molar-refractivity contribution is -0.137. The standard InChI is InChI=1S/C26H26F3N5O3/c1-15(2)32-22-12-21(17-8-16(3)9-18(10-17)24-13-30-14-37-24)33-34(25(22)36)23-11-19(31-6-7-35)4-5-20(23)26(27,28)29/h4-5,8-15,31-32,35H,6-7H2,1-3H3. The summed E-state index contributed by atoms with van der Waals surface area (Å²) in [4.78, 5) is 17.3. The van der Waals surface area contributed by atoms with Crippen molar-refractivity contribution >= 4 is 11.4 Å². The minimum atomic E-state index is -4.74. The highest BCUT2D eigenvalue weighted by Crippen LogP contribution is 2.35. The number of aromatic nitrogens is 3. The van der Waals surface area contributed by atoms with Gasteiger partial charge in [0.25, 0.3) is 5.56 Å². The molecule has 4 aromatic rings. The Hall–Kier alpha value is -4.12. The maximum Gasteiger partial charge on any atom is 0.418 e. The summed E-state index contributed by atoms with van der Waals surface area (Å²) in [6.45, 7) is 5.41. The second kappa shape index (κ2) is 10.5. The van der Waals surface area contributed by atoms with E-state index in [-0.39, 0.29) is 30.6 Å². The normalized spacial score (nSPS) is 11.7. The number of hydrogen-bond acceptors (Lipinski definition) is 7. The van der Waals surface area contributed by atoms with E-state index < -0.39 is 23.0 Å². The van der Waals surface area contributed by atoms with Crippen molar-refractivity contribution in [1.82, 2.24) is 14.8 Å². The molecule has 0 atom stereocenters. The number of halogens is 3. The van der Waals surface area contributed by atoms with Crippen LogP contribution in [-0.2, 0) is 6.18 Å². The fraction of sp³-hybridized carbons (Fsp3) is 0.269. The fourth-order valence-corrected chi connectivity index (χ4v) is 3.90. The number of oxazole rings is 1. The number of hydrogen-bond donors (Lipinski definition) is 3. The highest BCUT2D eigenvalue weighted by molar-refractivity contribution is 5.71. The second-order valence-corrected chi connectivity index (χ2v) is 8.79. The van der Waals surface area contributed by atoms with Gasteiger partial charge in [0.05, 0.1) is 29.7 Å². The van der Waals surface area contributed by atoms with Crippen molar-refractivity contribution in [2.24, 2.45) is 0 Å². The number of anilines is 2. The summed E-state index contributed by atoms with van der Waals surface area (Å²) in [6, 6.07) is 10.2. The summed E-state index contributed by atoms with van der Waals surface area (Å²) in [5, 5.41) is 19.3. The van der Waals surface area contributed by atoms with Gasteiger partial charge in [0, 0.05) is 29.4 Å². The minimum absolute atomic E-state index is 0.101. The van der Waals surface area contributed by atoms with Crippen molar-refractivity contribution in [3.8, 4) is 28.3 Å². The minimum Gasteiger partial charge on any atom is -0.444 e. The predicted molar refractivity (Wildman–Crippen MR) is 135 cm³/mol. The van der Waals surface area contributed by atoms with Crippen LogP contribution in [0.4, 0.5) is 24.5 Å². The quantitative estimate of drug-likeness (QED) is 0.301. The molecule has 2 aromatic heterocycles. The number of rotatable bonds is 8. The van der Waals surface area contributed by atoms with Crippen LogP contribution in [0, 0.1) is 6.92 Å².